The van der Waals surface area contributed by atoms with Crippen LogP contribution in [-0.2, 0) is 36.9 Å². The maximum atomic E-state index is 12.0. The summed E-state index contributed by atoms with van der Waals surface area (Å²) in [5.74, 6) is -0.638. The van der Waals surface area contributed by atoms with Crippen LogP contribution in [0, 0.1) is 0 Å². The molecule has 12 nitrogen and oxygen atoms in total. The van der Waals surface area contributed by atoms with Crippen molar-refractivity contribution in [3.8, 4) is 0 Å². The van der Waals surface area contributed by atoms with Crippen LogP contribution < -0.4 is 5.32 Å². The van der Waals surface area contributed by atoms with Crippen molar-refractivity contribution in [2.75, 3.05) is 32.6 Å². The van der Waals surface area contributed by atoms with Crippen molar-refractivity contribution in [3.05, 3.63) is 0 Å². The van der Waals surface area contributed by atoms with E-state index in [9.17, 15) is 28.4 Å². The molecular formula is C15H28N2O10P2S. The Bertz CT molecular complexity index is 707. The Kier molecular flexibility index (Phi) is 11.7. The molecule has 1 fully saturated rings. The Morgan fingerprint density at radius 1 is 1.20 bits per heavy atom. The van der Waals surface area contributed by atoms with Crippen LogP contribution >= 0.6 is 27.4 Å². The molecule has 1 aliphatic rings. The summed E-state index contributed by atoms with van der Waals surface area (Å²) >= 11 is 1.36. The number of imide groups is 1. The molecule has 3 N–H and O–H groups in total. The maximum Gasteiger partial charge on any atom is 0.481 e. The SMILES string of the molecule is CCOP(=O)(O)OP(=O)(O)OCCNC(=O)CCCCCN1C(=O)CC(SC)C1=O. The molecule has 1 rings (SSSR count). The van der Waals surface area contributed by atoms with Crippen molar-refractivity contribution in [1.82, 2.24) is 10.2 Å². The molecule has 0 aromatic heterocycles. The molecule has 0 aliphatic carbocycles. The average Bonchev–Trinajstić information content (AvgIpc) is 2.91. The summed E-state index contributed by atoms with van der Waals surface area (Å²) < 4.78 is 35.6. The number of phosphoric ester groups is 2. The quantitative estimate of drug-likeness (QED) is 0.172. The summed E-state index contributed by atoms with van der Waals surface area (Å²) in [6.07, 6.45) is 4.01. The zero-order chi connectivity index (χ0) is 22.8. The predicted molar refractivity (Wildman–Crippen MR) is 108 cm³/mol. The van der Waals surface area contributed by atoms with E-state index in [1.54, 1.807) is 6.26 Å². The van der Waals surface area contributed by atoms with Gasteiger partial charge in [0.05, 0.1) is 18.5 Å². The third kappa shape index (κ3) is 10.0. The number of hydrogen-bond acceptors (Lipinski definition) is 9. The fourth-order valence-corrected chi connectivity index (χ4v) is 5.29. The Hall–Kier alpha value is -0.780. The van der Waals surface area contributed by atoms with Gasteiger partial charge < -0.3 is 15.1 Å². The number of rotatable bonds is 15. The van der Waals surface area contributed by atoms with Gasteiger partial charge in [-0.3, -0.25) is 28.3 Å². The van der Waals surface area contributed by atoms with Gasteiger partial charge in [-0.2, -0.15) is 16.1 Å². The largest absolute Gasteiger partial charge is 0.481 e. The van der Waals surface area contributed by atoms with E-state index in [-0.39, 0.29) is 49.0 Å². The first-order chi connectivity index (χ1) is 14.0. The third-order valence-electron chi connectivity index (χ3n) is 3.95. The van der Waals surface area contributed by atoms with Gasteiger partial charge in [-0.15, -0.1) is 0 Å². The lowest BCUT2D eigenvalue weighted by molar-refractivity contribution is -0.138. The van der Waals surface area contributed by atoms with Gasteiger partial charge in [-0.1, -0.05) is 6.42 Å². The molecule has 0 spiro atoms. The Labute approximate surface area is 179 Å². The second kappa shape index (κ2) is 12.9. The van der Waals surface area contributed by atoms with Crippen LogP contribution in [0.25, 0.3) is 0 Å². The molecule has 0 aromatic rings. The number of nitrogens with zero attached hydrogens (tertiary/aromatic N) is 1. The molecule has 0 saturated carbocycles. The molecule has 1 saturated heterocycles. The number of likely N-dealkylation sites (tertiary alicyclic amines) is 1. The van der Waals surface area contributed by atoms with E-state index in [2.05, 4.69) is 18.7 Å². The minimum Gasteiger partial charge on any atom is -0.354 e. The van der Waals surface area contributed by atoms with Crippen LogP contribution in [0.2, 0.25) is 0 Å². The lowest BCUT2D eigenvalue weighted by atomic mass is 10.2. The molecule has 1 aliphatic heterocycles. The fraction of sp³-hybridized carbons (Fsp3) is 0.800. The first kappa shape index (κ1) is 27.3. The van der Waals surface area contributed by atoms with Crippen molar-refractivity contribution in [1.29, 1.82) is 0 Å². The highest BCUT2D eigenvalue weighted by Crippen LogP contribution is 2.60. The first-order valence-corrected chi connectivity index (χ1v) is 13.6. The zero-order valence-corrected chi connectivity index (χ0v) is 19.5. The van der Waals surface area contributed by atoms with Gasteiger partial charge in [-0.05, 0) is 26.0 Å². The van der Waals surface area contributed by atoms with Crippen LogP contribution in [0.3, 0.4) is 0 Å². The summed E-state index contributed by atoms with van der Waals surface area (Å²) in [5.41, 5.74) is 0. The molecule has 3 atom stereocenters. The fourth-order valence-electron chi connectivity index (χ4n) is 2.58. The Morgan fingerprint density at radius 2 is 1.87 bits per heavy atom. The highest BCUT2D eigenvalue weighted by atomic mass is 32.2. The van der Waals surface area contributed by atoms with Gasteiger partial charge in [-0.25, -0.2) is 9.13 Å². The van der Waals surface area contributed by atoms with Crippen molar-refractivity contribution < 1.29 is 46.7 Å². The van der Waals surface area contributed by atoms with E-state index in [0.29, 0.717) is 25.8 Å². The molecule has 0 aromatic carbocycles. The normalized spacial score (nSPS) is 20.8. The van der Waals surface area contributed by atoms with Crippen LogP contribution in [0.15, 0.2) is 0 Å². The van der Waals surface area contributed by atoms with Crippen molar-refractivity contribution in [3.63, 3.8) is 0 Å². The average molecular weight is 490 g/mol. The van der Waals surface area contributed by atoms with Crippen LogP contribution in [0.1, 0.15) is 39.0 Å². The summed E-state index contributed by atoms with van der Waals surface area (Å²) in [6.45, 7) is 1.02. The van der Waals surface area contributed by atoms with E-state index in [4.69, 9.17) is 4.89 Å². The number of unbranched alkanes of at least 4 members (excludes halogenated alkanes) is 2. The molecule has 0 radical (unpaired) electrons. The highest BCUT2D eigenvalue weighted by Gasteiger charge is 2.37. The lowest BCUT2D eigenvalue weighted by Crippen LogP contribution is -2.32. The van der Waals surface area contributed by atoms with E-state index < -0.39 is 22.3 Å². The molecule has 15 heteroatoms. The summed E-state index contributed by atoms with van der Waals surface area (Å²) in [5, 5.41) is 2.17. The van der Waals surface area contributed by atoms with Crippen molar-refractivity contribution in [2.45, 2.75) is 44.3 Å². The van der Waals surface area contributed by atoms with E-state index in [1.165, 1.54) is 23.6 Å². The number of phosphoric acid groups is 2. The summed E-state index contributed by atoms with van der Waals surface area (Å²) in [6, 6.07) is 0. The van der Waals surface area contributed by atoms with Crippen LogP contribution in [0.4, 0.5) is 0 Å². The molecule has 3 amide bonds. The molecular weight excluding hydrogens is 462 g/mol. The predicted octanol–water partition coefficient (Wildman–Crippen LogP) is 1.42. The minimum atomic E-state index is -4.81. The topological polar surface area (TPSA) is 169 Å². The van der Waals surface area contributed by atoms with E-state index in [0.717, 1.165) is 0 Å². The van der Waals surface area contributed by atoms with Crippen LogP contribution in [-0.4, -0.2) is 70.2 Å². The lowest BCUT2D eigenvalue weighted by Gasteiger charge is -2.15. The number of carbonyl (C=O) groups excluding carboxylic acids is 3. The van der Waals surface area contributed by atoms with E-state index >= 15 is 0 Å². The van der Waals surface area contributed by atoms with Crippen LogP contribution in [0.5, 0.6) is 0 Å². The van der Waals surface area contributed by atoms with Crippen molar-refractivity contribution >= 4 is 45.1 Å². The number of carbonyl (C=O) groups is 3. The Morgan fingerprint density at radius 3 is 2.47 bits per heavy atom. The molecule has 1 heterocycles. The molecule has 30 heavy (non-hydrogen) atoms. The second-order valence-electron chi connectivity index (χ2n) is 6.24. The maximum absolute atomic E-state index is 12.0. The molecule has 0 bridgehead atoms. The smallest absolute Gasteiger partial charge is 0.354 e. The van der Waals surface area contributed by atoms with E-state index in [1.807, 2.05) is 0 Å². The number of nitrogens with one attached hydrogen (secondary N) is 1. The highest BCUT2D eigenvalue weighted by molar-refractivity contribution is 8.00. The van der Waals surface area contributed by atoms with Gasteiger partial charge in [0.15, 0.2) is 0 Å². The number of hydrogen-bond donors (Lipinski definition) is 3. The van der Waals surface area contributed by atoms with Gasteiger partial charge in [0, 0.05) is 25.9 Å². The monoisotopic (exact) mass is 490 g/mol. The van der Waals surface area contributed by atoms with Gasteiger partial charge in [0.2, 0.25) is 17.7 Å². The zero-order valence-electron chi connectivity index (χ0n) is 16.9. The molecule has 174 valence electrons. The third-order valence-corrected chi connectivity index (χ3v) is 7.63. The Balaban J connectivity index is 2.14. The number of thioether (sulfide) groups is 1. The van der Waals surface area contributed by atoms with Gasteiger partial charge >= 0.3 is 15.6 Å². The van der Waals surface area contributed by atoms with Gasteiger partial charge in [0.25, 0.3) is 0 Å². The summed E-state index contributed by atoms with van der Waals surface area (Å²) in [7, 11) is -9.51. The van der Waals surface area contributed by atoms with Crippen molar-refractivity contribution in [2.24, 2.45) is 0 Å². The molecule has 3 unspecified atom stereocenters. The van der Waals surface area contributed by atoms with Gasteiger partial charge in [0.1, 0.15) is 0 Å². The number of amides is 3. The minimum absolute atomic E-state index is 0.107. The second-order valence-corrected chi connectivity index (χ2v) is 10.3. The standard InChI is InChI=1S/C15H28N2O10P2S/c1-3-25-28(21,22)27-29(23,24)26-10-8-16-13(18)7-5-4-6-9-17-14(19)11-12(30-2)15(17)20/h12H,3-11H2,1-2H3,(H,16,18)(H,21,22)(H,23,24). The summed E-state index contributed by atoms with van der Waals surface area (Å²) in [4.78, 5) is 55.2. The first-order valence-electron chi connectivity index (χ1n) is 9.31.